The van der Waals surface area contributed by atoms with Crippen LogP contribution in [0.15, 0.2) is 170 Å². The van der Waals surface area contributed by atoms with Crippen molar-refractivity contribution in [3.63, 3.8) is 0 Å². The lowest BCUT2D eigenvalue weighted by Crippen LogP contribution is -2.04. The number of aromatic nitrogens is 4. The highest BCUT2D eigenvalue weighted by Gasteiger charge is 2.28. The highest BCUT2D eigenvalue weighted by molar-refractivity contribution is 7.26. The zero-order valence-corrected chi connectivity index (χ0v) is 31.2. The third kappa shape index (κ3) is 3.77. The molecule has 0 atom stereocenters. The Morgan fingerprint density at radius 2 is 1.09 bits per heavy atom. The molecule has 0 amide bonds. The molecule has 5 heterocycles. The molecule has 0 aliphatic rings. The van der Waals surface area contributed by atoms with Gasteiger partial charge in [0.15, 0.2) is 0 Å². The summed E-state index contributed by atoms with van der Waals surface area (Å²) < 4.78 is 7.51. The largest absolute Gasteiger partial charge is 0.307 e. The third-order valence-electron chi connectivity index (χ3n) is 12.4. The topological polar surface area (TPSA) is 35.1 Å². The van der Waals surface area contributed by atoms with Gasteiger partial charge < -0.3 is 4.40 Å². The zero-order valence-electron chi connectivity index (χ0n) is 30.4. The van der Waals surface area contributed by atoms with Crippen LogP contribution >= 0.6 is 11.3 Å². The van der Waals surface area contributed by atoms with Crippen molar-refractivity contribution in [1.82, 2.24) is 18.9 Å². The van der Waals surface area contributed by atoms with E-state index in [1.165, 1.54) is 79.8 Å². The van der Waals surface area contributed by atoms with Crippen LogP contribution in [0.5, 0.6) is 0 Å². The summed E-state index contributed by atoms with van der Waals surface area (Å²) in [5.41, 5.74) is 8.87. The molecule has 57 heavy (non-hydrogen) atoms. The summed E-state index contributed by atoms with van der Waals surface area (Å²) in [7, 11) is 0. The second-order valence-corrected chi connectivity index (χ2v) is 16.4. The van der Waals surface area contributed by atoms with Crippen LogP contribution < -0.4 is 0 Å². The molecule has 262 valence electrons. The fourth-order valence-corrected chi connectivity index (χ4v) is 11.2. The fourth-order valence-electron chi connectivity index (χ4n) is 10.1. The number of thiophene rings is 1. The molecule has 0 aliphatic carbocycles. The normalized spacial score (nSPS) is 12.6. The van der Waals surface area contributed by atoms with Crippen molar-refractivity contribution in [3.8, 4) is 17.2 Å². The molecule has 0 fully saturated rings. The van der Waals surface area contributed by atoms with E-state index in [0.29, 0.717) is 5.95 Å². The van der Waals surface area contributed by atoms with Gasteiger partial charge in [-0.2, -0.15) is 0 Å². The number of para-hydroxylation sites is 2. The lowest BCUT2D eigenvalue weighted by atomic mass is 9.98. The number of rotatable bonds is 2. The van der Waals surface area contributed by atoms with E-state index < -0.39 is 0 Å². The first-order chi connectivity index (χ1) is 28.3. The molecular weight excluding hydrogens is 713 g/mol. The number of benzene rings is 9. The Kier molecular flexibility index (Phi) is 5.62. The first-order valence-electron chi connectivity index (χ1n) is 19.4. The van der Waals surface area contributed by atoms with Gasteiger partial charge in [-0.3, -0.25) is 4.57 Å². The maximum absolute atomic E-state index is 5.64. The molecule has 5 aromatic heterocycles. The van der Waals surface area contributed by atoms with Crippen molar-refractivity contribution >= 4 is 124 Å². The zero-order chi connectivity index (χ0) is 36.9. The second kappa shape index (κ2) is 10.7. The van der Waals surface area contributed by atoms with Gasteiger partial charge in [0.05, 0.1) is 38.8 Å². The summed E-state index contributed by atoms with van der Waals surface area (Å²) >= 11 is 1.87. The van der Waals surface area contributed by atoms with E-state index in [4.69, 9.17) is 9.97 Å². The fraction of sp³-hybridized carbons (Fsp3) is 0. The molecule has 0 spiro atoms. The van der Waals surface area contributed by atoms with Crippen LogP contribution in [0.1, 0.15) is 0 Å². The molecule has 0 saturated carbocycles. The van der Waals surface area contributed by atoms with Gasteiger partial charge in [0, 0.05) is 68.8 Å². The van der Waals surface area contributed by atoms with E-state index >= 15 is 0 Å². The first kappa shape index (κ1) is 29.9. The summed E-state index contributed by atoms with van der Waals surface area (Å²) in [6.45, 7) is 0. The van der Waals surface area contributed by atoms with Crippen molar-refractivity contribution in [2.24, 2.45) is 0 Å². The Bertz CT molecular complexity index is 4040. The van der Waals surface area contributed by atoms with Crippen LogP contribution in [-0.4, -0.2) is 18.9 Å². The predicted octanol–water partition coefficient (Wildman–Crippen LogP) is 14.2. The molecule has 5 heteroatoms. The maximum Gasteiger partial charge on any atom is 0.235 e. The van der Waals surface area contributed by atoms with Crippen LogP contribution in [0.3, 0.4) is 0 Å². The lowest BCUT2D eigenvalue weighted by molar-refractivity contribution is 1.02. The first-order valence-corrected chi connectivity index (χ1v) is 20.2. The van der Waals surface area contributed by atoms with Crippen molar-refractivity contribution in [2.75, 3.05) is 0 Å². The second-order valence-electron chi connectivity index (χ2n) is 15.3. The minimum absolute atomic E-state index is 0.669. The smallest absolute Gasteiger partial charge is 0.235 e. The van der Waals surface area contributed by atoms with Gasteiger partial charge in [-0.1, -0.05) is 140 Å². The molecule has 0 saturated heterocycles. The van der Waals surface area contributed by atoms with E-state index in [2.05, 4.69) is 179 Å². The number of nitrogens with zero attached hydrogens (tertiary/aromatic N) is 4. The summed E-state index contributed by atoms with van der Waals surface area (Å²) in [5.74, 6) is 0.669. The highest BCUT2D eigenvalue weighted by atomic mass is 32.1. The molecule has 14 rings (SSSR count). The van der Waals surface area contributed by atoms with Crippen LogP contribution in [0.4, 0.5) is 0 Å². The Balaban J connectivity index is 1.33. The minimum Gasteiger partial charge on any atom is -0.307 e. The molecule has 0 unspecified atom stereocenters. The standard InChI is InChI=1S/C52H28N4S/c1-2-14-30(15-3-1)47-38-26-25-29-13-4-6-17-32(29)48(38)54-52(53-47)56-41-28-43-44(37-20-9-11-24-42(37)57-43)51-46(41)45-39(27-31-16-5-7-18-33(31)50(45)56)36-22-12-21-35-34-19-8-10-23-40(34)55(51)49(35)36/h1-28H. The quantitative estimate of drug-likeness (QED) is 0.165. The van der Waals surface area contributed by atoms with Crippen molar-refractivity contribution in [1.29, 1.82) is 0 Å². The van der Waals surface area contributed by atoms with Crippen molar-refractivity contribution < 1.29 is 0 Å². The van der Waals surface area contributed by atoms with Gasteiger partial charge >= 0.3 is 0 Å². The predicted molar refractivity (Wildman–Crippen MR) is 242 cm³/mol. The van der Waals surface area contributed by atoms with E-state index in [9.17, 15) is 0 Å². The Morgan fingerprint density at radius 3 is 1.96 bits per heavy atom. The van der Waals surface area contributed by atoms with Gasteiger partial charge in [-0.15, -0.1) is 11.3 Å². The van der Waals surface area contributed by atoms with Gasteiger partial charge in [-0.05, 0) is 46.5 Å². The lowest BCUT2D eigenvalue weighted by Gasteiger charge is -2.14. The van der Waals surface area contributed by atoms with Gasteiger partial charge in [0.2, 0.25) is 5.95 Å². The summed E-state index contributed by atoms with van der Waals surface area (Å²) in [6, 6.07) is 62.0. The molecule has 0 N–H and O–H groups in total. The van der Waals surface area contributed by atoms with E-state index in [1.807, 2.05) is 11.3 Å². The molecule has 14 aromatic rings. The molecule has 9 aromatic carbocycles. The van der Waals surface area contributed by atoms with Crippen molar-refractivity contribution in [3.05, 3.63) is 170 Å². The molecule has 4 nitrogen and oxygen atoms in total. The Hall–Kier alpha value is -7.34. The molecule has 0 radical (unpaired) electrons. The summed E-state index contributed by atoms with van der Waals surface area (Å²) in [5, 5.41) is 15.7. The average Bonchev–Trinajstić information content (AvgIpc) is 3.90. The number of hydrogen-bond acceptors (Lipinski definition) is 3. The molecule has 0 bridgehead atoms. The molecule has 0 aliphatic heterocycles. The minimum atomic E-state index is 0.669. The van der Waals surface area contributed by atoms with Gasteiger partial charge in [0.1, 0.15) is 0 Å². The Labute approximate surface area is 328 Å². The van der Waals surface area contributed by atoms with Crippen LogP contribution in [-0.2, 0) is 0 Å². The van der Waals surface area contributed by atoms with Gasteiger partial charge in [-0.25, -0.2) is 9.97 Å². The Morgan fingerprint density at radius 1 is 0.386 bits per heavy atom. The molecular formula is C52H28N4S. The van der Waals surface area contributed by atoms with E-state index in [0.717, 1.165) is 44.0 Å². The number of fused-ring (bicyclic) bond motifs is 14. The monoisotopic (exact) mass is 740 g/mol. The van der Waals surface area contributed by atoms with Gasteiger partial charge in [0.25, 0.3) is 0 Å². The third-order valence-corrected chi connectivity index (χ3v) is 13.5. The summed E-state index contributed by atoms with van der Waals surface area (Å²) in [6.07, 6.45) is 0. The van der Waals surface area contributed by atoms with E-state index in [-0.39, 0.29) is 0 Å². The summed E-state index contributed by atoms with van der Waals surface area (Å²) in [4.78, 5) is 11.3. The van der Waals surface area contributed by atoms with Crippen LogP contribution in [0.2, 0.25) is 0 Å². The van der Waals surface area contributed by atoms with Crippen molar-refractivity contribution in [2.45, 2.75) is 0 Å². The SMILES string of the molecule is c1ccc(-c2nc(-n3c4cc5sc6ccccc6c5c5c4c4c(cc6ccccc6c43)c3cccc4c6ccccc6n5c34)nc3c2ccc2ccccc23)cc1. The highest BCUT2D eigenvalue weighted by Crippen LogP contribution is 2.50. The maximum atomic E-state index is 5.64. The van der Waals surface area contributed by atoms with Crippen LogP contribution in [0.25, 0.3) is 130 Å². The average molecular weight is 741 g/mol. The van der Waals surface area contributed by atoms with E-state index in [1.54, 1.807) is 0 Å². The van der Waals surface area contributed by atoms with Crippen LogP contribution in [0, 0.1) is 0 Å². The number of hydrogen-bond donors (Lipinski definition) is 0.